The second-order valence-electron chi connectivity index (χ2n) is 5.20. The standard InChI is InChI=1S/C6H6N2O.C6H15NO2.C5H5N5/c7-6(9)5-2-1-3-8-4-5;1-8-5-3-7-4-6-9-2;6-4-3-5(9-1-7-3)10-2-8-4/h1-4H,(H2,7,9);7H,3-6H2,1-2H3;1-2H,(H3,6,7,8,9,10). The number of nitrogens with zero attached hydrogens (tertiary/aromatic N) is 4. The van der Waals surface area contributed by atoms with Gasteiger partial charge in [0, 0.05) is 39.7 Å². The molecule has 0 fully saturated rings. The molecule has 28 heavy (non-hydrogen) atoms. The number of amides is 1. The van der Waals surface area contributed by atoms with Crippen LogP contribution < -0.4 is 16.8 Å². The number of imidazole rings is 1. The van der Waals surface area contributed by atoms with Gasteiger partial charge in [-0.15, -0.1) is 0 Å². The van der Waals surface area contributed by atoms with Crippen molar-refractivity contribution in [1.29, 1.82) is 0 Å². The van der Waals surface area contributed by atoms with Crippen LogP contribution in [-0.4, -0.2) is 71.3 Å². The summed E-state index contributed by atoms with van der Waals surface area (Å²) in [6, 6.07) is 3.29. The quantitative estimate of drug-likeness (QED) is 0.405. The summed E-state index contributed by atoms with van der Waals surface area (Å²) in [5, 5.41) is 3.14. The Hall–Kier alpha value is -3.15. The van der Waals surface area contributed by atoms with Crippen LogP contribution in [0.15, 0.2) is 37.2 Å². The molecule has 6 N–H and O–H groups in total. The number of aromatic nitrogens is 5. The number of nitrogen functional groups attached to an aromatic ring is 1. The number of H-pyrrole nitrogens is 1. The highest BCUT2D eigenvalue weighted by atomic mass is 16.5. The Morgan fingerprint density at radius 2 is 1.89 bits per heavy atom. The first kappa shape index (κ1) is 22.9. The number of pyridine rings is 1. The maximum atomic E-state index is 10.4. The lowest BCUT2D eigenvalue weighted by molar-refractivity contribution is 0.1000. The van der Waals surface area contributed by atoms with E-state index < -0.39 is 5.91 Å². The van der Waals surface area contributed by atoms with Gasteiger partial charge in [0.15, 0.2) is 11.5 Å². The third kappa shape index (κ3) is 8.98. The molecule has 0 spiro atoms. The summed E-state index contributed by atoms with van der Waals surface area (Å²) in [5.74, 6) is -0.00870. The lowest BCUT2D eigenvalue weighted by Crippen LogP contribution is -2.23. The van der Waals surface area contributed by atoms with Crippen molar-refractivity contribution in [2.45, 2.75) is 0 Å². The molecule has 3 heterocycles. The highest BCUT2D eigenvalue weighted by Crippen LogP contribution is 2.09. The number of anilines is 1. The third-order valence-corrected chi connectivity index (χ3v) is 3.16. The van der Waals surface area contributed by atoms with Crippen LogP contribution in [0.2, 0.25) is 0 Å². The molecular formula is C17H26N8O3. The van der Waals surface area contributed by atoms with Gasteiger partial charge < -0.3 is 31.2 Å². The van der Waals surface area contributed by atoms with Crippen LogP contribution in [0.3, 0.4) is 0 Å². The first-order chi connectivity index (χ1) is 13.6. The number of carbonyl (C=O) groups is 1. The fraction of sp³-hybridized carbons (Fsp3) is 0.353. The van der Waals surface area contributed by atoms with Crippen LogP contribution in [0.5, 0.6) is 0 Å². The van der Waals surface area contributed by atoms with E-state index in [2.05, 4.69) is 30.2 Å². The summed E-state index contributed by atoms with van der Waals surface area (Å²) in [7, 11) is 3.38. The van der Waals surface area contributed by atoms with Crippen molar-refractivity contribution in [3.63, 3.8) is 0 Å². The first-order valence-corrected chi connectivity index (χ1v) is 8.38. The van der Waals surface area contributed by atoms with E-state index in [0.717, 1.165) is 26.3 Å². The van der Waals surface area contributed by atoms with Crippen LogP contribution in [0, 0.1) is 0 Å². The predicted molar refractivity (Wildman–Crippen MR) is 105 cm³/mol. The second-order valence-corrected chi connectivity index (χ2v) is 5.20. The fourth-order valence-electron chi connectivity index (χ4n) is 1.77. The van der Waals surface area contributed by atoms with Crippen molar-refractivity contribution in [3.05, 3.63) is 42.7 Å². The van der Waals surface area contributed by atoms with Crippen LogP contribution in [0.4, 0.5) is 5.82 Å². The molecule has 1 amide bonds. The topological polar surface area (TPSA) is 167 Å². The summed E-state index contributed by atoms with van der Waals surface area (Å²) >= 11 is 0. The number of hydrogen-bond acceptors (Lipinski definition) is 9. The average Bonchev–Trinajstić information content (AvgIpc) is 3.20. The van der Waals surface area contributed by atoms with Gasteiger partial charge in [-0.1, -0.05) is 0 Å². The molecule has 0 saturated heterocycles. The van der Waals surface area contributed by atoms with Gasteiger partial charge in [-0.25, -0.2) is 15.0 Å². The summed E-state index contributed by atoms with van der Waals surface area (Å²) in [6.45, 7) is 3.34. The number of primary amides is 1. The van der Waals surface area contributed by atoms with Crippen LogP contribution in [0.1, 0.15) is 10.4 Å². The smallest absolute Gasteiger partial charge is 0.250 e. The Morgan fingerprint density at radius 1 is 1.18 bits per heavy atom. The van der Waals surface area contributed by atoms with Gasteiger partial charge in [-0.2, -0.15) is 0 Å². The summed E-state index contributed by atoms with van der Waals surface area (Å²) in [5.41, 5.74) is 12.2. The van der Waals surface area contributed by atoms with E-state index in [0.29, 0.717) is 22.5 Å². The first-order valence-electron chi connectivity index (χ1n) is 8.38. The third-order valence-electron chi connectivity index (χ3n) is 3.16. The molecule has 0 unspecified atom stereocenters. The van der Waals surface area contributed by atoms with Gasteiger partial charge in [0.1, 0.15) is 11.8 Å². The summed E-state index contributed by atoms with van der Waals surface area (Å²) < 4.78 is 9.64. The van der Waals surface area contributed by atoms with E-state index in [9.17, 15) is 4.79 Å². The highest BCUT2D eigenvalue weighted by Gasteiger charge is 1.99. The zero-order chi connectivity index (χ0) is 20.6. The van der Waals surface area contributed by atoms with Gasteiger partial charge in [-0.3, -0.25) is 9.78 Å². The molecule has 152 valence electrons. The molecular weight excluding hydrogens is 364 g/mol. The van der Waals surface area contributed by atoms with E-state index in [1.165, 1.54) is 18.9 Å². The molecule has 0 aliphatic rings. The number of aromatic amines is 1. The monoisotopic (exact) mass is 390 g/mol. The van der Waals surface area contributed by atoms with Crippen molar-refractivity contribution in [2.75, 3.05) is 46.3 Å². The Balaban J connectivity index is 0.000000211. The number of ether oxygens (including phenoxy) is 2. The van der Waals surface area contributed by atoms with Crippen molar-refractivity contribution in [1.82, 2.24) is 30.2 Å². The van der Waals surface area contributed by atoms with E-state index in [1.54, 1.807) is 32.5 Å². The molecule has 0 radical (unpaired) electrons. The average molecular weight is 390 g/mol. The summed E-state index contributed by atoms with van der Waals surface area (Å²) in [6.07, 6.45) is 5.95. The lowest BCUT2D eigenvalue weighted by Gasteiger charge is -2.01. The number of hydrogen-bond donors (Lipinski definition) is 4. The minimum atomic E-state index is -0.442. The number of nitrogens with two attached hydrogens (primary N) is 2. The van der Waals surface area contributed by atoms with Crippen molar-refractivity contribution < 1.29 is 14.3 Å². The SMILES string of the molecule is COCCNCCOC.NC(=O)c1cccnc1.Nc1ncnc2nc[nH]c12. The molecule has 0 bridgehead atoms. The van der Waals surface area contributed by atoms with Crippen LogP contribution in [-0.2, 0) is 9.47 Å². The van der Waals surface area contributed by atoms with Crippen molar-refractivity contribution in [3.8, 4) is 0 Å². The van der Waals surface area contributed by atoms with Gasteiger partial charge in [0.25, 0.3) is 0 Å². The van der Waals surface area contributed by atoms with E-state index >= 15 is 0 Å². The summed E-state index contributed by atoms with van der Waals surface area (Å²) in [4.78, 5) is 28.5. The molecule has 0 saturated carbocycles. The van der Waals surface area contributed by atoms with Crippen LogP contribution in [0.25, 0.3) is 11.2 Å². The highest BCUT2D eigenvalue weighted by molar-refractivity contribution is 5.92. The van der Waals surface area contributed by atoms with Crippen molar-refractivity contribution in [2.24, 2.45) is 5.73 Å². The molecule has 0 atom stereocenters. The zero-order valence-corrected chi connectivity index (χ0v) is 16.0. The number of methoxy groups -OCH3 is 2. The number of nitrogens with one attached hydrogen (secondary N) is 2. The number of fused-ring (bicyclic) bond motifs is 1. The zero-order valence-electron chi connectivity index (χ0n) is 16.0. The maximum absolute atomic E-state index is 10.4. The normalized spacial score (nSPS) is 9.79. The molecule has 0 aromatic carbocycles. The van der Waals surface area contributed by atoms with E-state index in [-0.39, 0.29) is 0 Å². The molecule has 3 aromatic heterocycles. The molecule has 0 aliphatic heterocycles. The van der Waals surface area contributed by atoms with Gasteiger partial charge in [0.2, 0.25) is 5.91 Å². The second kappa shape index (κ2) is 14.0. The van der Waals surface area contributed by atoms with Gasteiger partial charge >= 0.3 is 0 Å². The molecule has 11 nitrogen and oxygen atoms in total. The number of carbonyl (C=O) groups excluding carboxylic acids is 1. The molecule has 11 heteroatoms. The van der Waals surface area contributed by atoms with E-state index in [1.807, 2.05) is 0 Å². The Morgan fingerprint density at radius 3 is 2.39 bits per heavy atom. The Bertz CT molecular complexity index is 791. The largest absolute Gasteiger partial charge is 0.383 e. The Kier molecular flexibility index (Phi) is 11.4. The van der Waals surface area contributed by atoms with Gasteiger partial charge in [0.05, 0.1) is 25.1 Å². The predicted octanol–water partition coefficient (Wildman–Crippen LogP) is -0.0156. The molecule has 0 aliphatic carbocycles. The van der Waals surface area contributed by atoms with Crippen LogP contribution >= 0.6 is 0 Å². The molecule has 3 aromatic rings. The number of rotatable bonds is 7. The van der Waals surface area contributed by atoms with E-state index in [4.69, 9.17) is 20.9 Å². The Labute approximate surface area is 162 Å². The lowest BCUT2D eigenvalue weighted by atomic mass is 10.3. The minimum Gasteiger partial charge on any atom is -0.383 e. The minimum absolute atomic E-state index is 0.433. The van der Waals surface area contributed by atoms with Crippen molar-refractivity contribution >= 4 is 22.9 Å². The molecule has 3 rings (SSSR count). The fourth-order valence-corrected chi connectivity index (χ4v) is 1.77. The van der Waals surface area contributed by atoms with Gasteiger partial charge in [-0.05, 0) is 12.1 Å². The maximum Gasteiger partial charge on any atom is 0.250 e.